The van der Waals surface area contributed by atoms with Gasteiger partial charge >= 0.3 is 0 Å². The first-order chi connectivity index (χ1) is 14.5. The Balaban J connectivity index is 1.49. The molecule has 3 rings (SSSR count). The summed E-state index contributed by atoms with van der Waals surface area (Å²) in [5.74, 6) is 2.08. The van der Waals surface area contributed by atoms with Crippen LogP contribution in [0.2, 0.25) is 5.02 Å². The summed E-state index contributed by atoms with van der Waals surface area (Å²) in [7, 11) is 3.29. The Morgan fingerprint density at radius 3 is 2.67 bits per heavy atom. The fourth-order valence-electron chi connectivity index (χ4n) is 4.15. The first kappa shape index (κ1) is 22.4. The van der Waals surface area contributed by atoms with Crippen molar-refractivity contribution in [2.45, 2.75) is 39.2 Å². The lowest BCUT2D eigenvalue weighted by Crippen LogP contribution is -2.35. The number of ether oxygens (including phenoxy) is 2. The number of piperidine rings is 1. The molecular formula is C24H31ClN2O3. The maximum atomic E-state index is 12.5. The standard InChI is InChI=1S/C24H31ClN2O3/c1-17-13-19(6-9-22(17)29-2)16-27-12-4-5-18(15-27)7-11-24(28)26-21-14-20(25)8-10-23(21)30-3/h6,8-10,13-14,18H,4-5,7,11-12,15-16H2,1-3H3,(H,26,28). The smallest absolute Gasteiger partial charge is 0.224 e. The first-order valence-corrected chi connectivity index (χ1v) is 10.9. The van der Waals surface area contributed by atoms with Crippen LogP contribution in [-0.2, 0) is 11.3 Å². The van der Waals surface area contributed by atoms with E-state index in [1.807, 2.05) is 6.07 Å². The van der Waals surface area contributed by atoms with E-state index in [0.717, 1.165) is 37.4 Å². The van der Waals surface area contributed by atoms with Gasteiger partial charge in [0, 0.05) is 24.5 Å². The fraction of sp³-hybridized carbons (Fsp3) is 0.458. The van der Waals surface area contributed by atoms with Crippen molar-refractivity contribution in [2.24, 2.45) is 5.92 Å². The number of carbonyl (C=O) groups is 1. The van der Waals surface area contributed by atoms with Crippen molar-refractivity contribution in [1.82, 2.24) is 4.90 Å². The number of methoxy groups -OCH3 is 2. The van der Waals surface area contributed by atoms with Crippen molar-refractivity contribution < 1.29 is 14.3 Å². The van der Waals surface area contributed by atoms with Crippen LogP contribution < -0.4 is 14.8 Å². The molecule has 1 atom stereocenters. The van der Waals surface area contributed by atoms with Crippen LogP contribution in [0, 0.1) is 12.8 Å². The average molecular weight is 431 g/mol. The second kappa shape index (κ2) is 10.7. The molecular weight excluding hydrogens is 400 g/mol. The third kappa shape index (κ3) is 6.13. The Hall–Kier alpha value is -2.24. The normalized spacial score (nSPS) is 16.9. The minimum absolute atomic E-state index is 0.00142. The van der Waals surface area contributed by atoms with Crippen molar-refractivity contribution in [1.29, 1.82) is 0 Å². The number of amides is 1. The van der Waals surface area contributed by atoms with Crippen LogP contribution in [0.3, 0.4) is 0 Å². The van der Waals surface area contributed by atoms with Crippen LogP contribution in [0.5, 0.6) is 11.5 Å². The summed E-state index contributed by atoms with van der Waals surface area (Å²) >= 11 is 6.05. The molecule has 1 N–H and O–H groups in total. The second-order valence-electron chi connectivity index (χ2n) is 7.98. The molecule has 1 saturated heterocycles. The van der Waals surface area contributed by atoms with Gasteiger partial charge in [0.25, 0.3) is 0 Å². The SMILES string of the molecule is COc1ccc(CN2CCCC(CCC(=O)Nc3cc(Cl)ccc3OC)C2)cc1C. The minimum atomic E-state index is -0.00142. The van der Waals surface area contributed by atoms with E-state index in [1.165, 1.54) is 18.4 Å². The van der Waals surface area contributed by atoms with Gasteiger partial charge in [-0.05, 0) is 74.0 Å². The molecule has 0 radical (unpaired) electrons. The van der Waals surface area contributed by atoms with E-state index < -0.39 is 0 Å². The summed E-state index contributed by atoms with van der Waals surface area (Å²) < 4.78 is 10.7. The second-order valence-corrected chi connectivity index (χ2v) is 8.42. The van der Waals surface area contributed by atoms with Crippen LogP contribution in [-0.4, -0.2) is 38.1 Å². The Labute approximate surface area is 184 Å². The van der Waals surface area contributed by atoms with Gasteiger partial charge in [0.2, 0.25) is 5.91 Å². The zero-order valence-corrected chi connectivity index (χ0v) is 18.8. The van der Waals surface area contributed by atoms with Gasteiger partial charge in [-0.1, -0.05) is 23.7 Å². The molecule has 0 bridgehead atoms. The molecule has 0 aromatic heterocycles. The highest BCUT2D eigenvalue weighted by atomic mass is 35.5. The van der Waals surface area contributed by atoms with E-state index in [4.69, 9.17) is 21.1 Å². The van der Waals surface area contributed by atoms with E-state index in [1.54, 1.807) is 32.4 Å². The van der Waals surface area contributed by atoms with Gasteiger partial charge in [-0.2, -0.15) is 0 Å². The van der Waals surface area contributed by atoms with Crippen LogP contribution in [0.15, 0.2) is 36.4 Å². The summed E-state index contributed by atoms with van der Waals surface area (Å²) in [5.41, 5.74) is 3.09. The lowest BCUT2D eigenvalue weighted by atomic mass is 9.93. The zero-order valence-electron chi connectivity index (χ0n) is 18.0. The number of nitrogens with one attached hydrogen (secondary N) is 1. The van der Waals surface area contributed by atoms with Gasteiger partial charge in [0.1, 0.15) is 11.5 Å². The van der Waals surface area contributed by atoms with Crippen molar-refractivity contribution >= 4 is 23.2 Å². The van der Waals surface area contributed by atoms with Gasteiger partial charge in [-0.15, -0.1) is 0 Å². The van der Waals surface area contributed by atoms with Gasteiger partial charge in [0.05, 0.1) is 19.9 Å². The molecule has 162 valence electrons. The fourth-order valence-corrected chi connectivity index (χ4v) is 4.33. The molecule has 1 amide bonds. The molecule has 0 spiro atoms. The van der Waals surface area contributed by atoms with Crippen LogP contribution in [0.25, 0.3) is 0 Å². The summed E-state index contributed by atoms with van der Waals surface area (Å²) in [5, 5.41) is 3.51. The summed E-state index contributed by atoms with van der Waals surface area (Å²) in [6.07, 6.45) is 3.72. The van der Waals surface area contributed by atoms with E-state index >= 15 is 0 Å². The lowest BCUT2D eigenvalue weighted by molar-refractivity contribution is -0.116. The van der Waals surface area contributed by atoms with E-state index in [2.05, 4.69) is 29.3 Å². The molecule has 5 nitrogen and oxygen atoms in total. The average Bonchev–Trinajstić information content (AvgIpc) is 2.73. The molecule has 1 unspecified atom stereocenters. The van der Waals surface area contributed by atoms with Gasteiger partial charge < -0.3 is 14.8 Å². The summed E-state index contributed by atoms with van der Waals surface area (Å²) in [6.45, 7) is 5.15. The topological polar surface area (TPSA) is 50.8 Å². The molecule has 1 aliphatic rings. The number of hydrogen-bond acceptors (Lipinski definition) is 4. The third-order valence-corrected chi connectivity index (χ3v) is 5.92. The molecule has 0 saturated carbocycles. The highest BCUT2D eigenvalue weighted by Gasteiger charge is 2.21. The number of rotatable bonds is 8. The van der Waals surface area contributed by atoms with E-state index in [9.17, 15) is 4.79 Å². The predicted octanol–water partition coefficient (Wildman–Crippen LogP) is 5.30. The predicted molar refractivity (Wildman–Crippen MR) is 122 cm³/mol. The summed E-state index contributed by atoms with van der Waals surface area (Å²) in [4.78, 5) is 15.0. The number of anilines is 1. The van der Waals surface area contributed by atoms with Crippen molar-refractivity contribution in [2.75, 3.05) is 32.6 Å². The van der Waals surface area contributed by atoms with Crippen LogP contribution >= 0.6 is 11.6 Å². The monoisotopic (exact) mass is 430 g/mol. The van der Waals surface area contributed by atoms with Crippen molar-refractivity contribution in [3.05, 3.63) is 52.5 Å². The van der Waals surface area contributed by atoms with Gasteiger partial charge in [-0.3, -0.25) is 9.69 Å². The largest absolute Gasteiger partial charge is 0.496 e. The van der Waals surface area contributed by atoms with Gasteiger partial charge in [-0.25, -0.2) is 0 Å². The molecule has 1 aliphatic heterocycles. The number of carbonyl (C=O) groups excluding carboxylic acids is 1. The molecule has 1 heterocycles. The first-order valence-electron chi connectivity index (χ1n) is 10.5. The number of halogens is 1. The van der Waals surface area contributed by atoms with Gasteiger partial charge in [0.15, 0.2) is 0 Å². The Kier molecular flexibility index (Phi) is 8.00. The maximum absolute atomic E-state index is 12.5. The highest BCUT2D eigenvalue weighted by molar-refractivity contribution is 6.31. The summed E-state index contributed by atoms with van der Waals surface area (Å²) in [6, 6.07) is 11.6. The zero-order chi connectivity index (χ0) is 21.5. The Morgan fingerprint density at radius 1 is 1.17 bits per heavy atom. The van der Waals surface area contributed by atoms with Crippen molar-refractivity contribution in [3.8, 4) is 11.5 Å². The molecule has 6 heteroatoms. The molecule has 2 aromatic rings. The quantitative estimate of drug-likeness (QED) is 0.617. The molecule has 2 aromatic carbocycles. The lowest BCUT2D eigenvalue weighted by Gasteiger charge is -2.32. The Bertz CT molecular complexity index is 872. The number of nitrogens with zero attached hydrogens (tertiary/aromatic N) is 1. The Morgan fingerprint density at radius 2 is 1.93 bits per heavy atom. The number of hydrogen-bond donors (Lipinski definition) is 1. The highest BCUT2D eigenvalue weighted by Crippen LogP contribution is 2.29. The number of likely N-dealkylation sites (tertiary alicyclic amines) is 1. The maximum Gasteiger partial charge on any atom is 0.224 e. The van der Waals surface area contributed by atoms with Crippen LogP contribution in [0.1, 0.15) is 36.8 Å². The third-order valence-electron chi connectivity index (χ3n) is 5.68. The van der Waals surface area contributed by atoms with E-state index in [0.29, 0.717) is 28.8 Å². The number of benzene rings is 2. The molecule has 1 fully saturated rings. The van der Waals surface area contributed by atoms with Crippen molar-refractivity contribution in [3.63, 3.8) is 0 Å². The molecule has 0 aliphatic carbocycles. The minimum Gasteiger partial charge on any atom is -0.496 e. The van der Waals surface area contributed by atoms with E-state index in [-0.39, 0.29) is 5.91 Å². The number of aryl methyl sites for hydroxylation is 1. The molecule has 30 heavy (non-hydrogen) atoms. The van der Waals surface area contributed by atoms with Crippen LogP contribution in [0.4, 0.5) is 5.69 Å².